The zero-order valence-corrected chi connectivity index (χ0v) is 9.94. The van der Waals surface area contributed by atoms with E-state index in [-0.39, 0.29) is 0 Å². The zero-order valence-electron chi connectivity index (χ0n) is 9.13. The van der Waals surface area contributed by atoms with Crippen LogP contribution in [0, 0.1) is 0 Å². The minimum absolute atomic E-state index is 0.579. The minimum Gasteiger partial charge on any atom is -0.755 e. The second-order valence-electron chi connectivity index (χ2n) is 3.70. The van der Waals surface area contributed by atoms with E-state index in [0.717, 1.165) is 12.0 Å². The van der Waals surface area contributed by atoms with Gasteiger partial charge in [0.2, 0.25) is 0 Å². The van der Waals surface area contributed by atoms with Crippen molar-refractivity contribution >= 4 is 17.0 Å². The predicted molar refractivity (Wildman–Crippen MR) is 68.2 cm³/mol. The highest BCUT2D eigenvalue weighted by atomic mass is 32.2. The Balaban J connectivity index is 2.06. The molecule has 2 rings (SSSR count). The van der Waals surface area contributed by atoms with Crippen molar-refractivity contribution in [1.29, 1.82) is 0 Å². The lowest BCUT2D eigenvalue weighted by Crippen LogP contribution is -2.01. The molecule has 0 bridgehead atoms. The molecule has 0 aromatic heterocycles. The molecule has 2 aromatic rings. The second-order valence-corrected chi connectivity index (χ2v) is 4.37. The largest absolute Gasteiger partial charge is 0.755 e. The molecule has 0 spiro atoms. The maximum absolute atomic E-state index is 10.4. The molecule has 0 radical (unpaired) electrons. The molecule has 0 aliphatic carbocycles. The van der Waals surface area contributed by atoms with Crippen LogP contribution in [0.15, 0.2) is 54.6 Å². The molecule has 88 valence electrons. The SMILES string of the molecule is O=S([O-])Nc1ccc(Cc2ccccc2)cc1. The van der Waals surface area contributed by atoms with Gasteiger partial charge in [0.15, 0.2) is 0 Å². The van der Waals surface area contributed by atoms with Gasteiger partial charge in [-0.05, 0) is 29.7 Å². The van der Waals surface area contributed by atoms with Crippen molar-refractivity contribution in [2.24, 2.45) is 0 Å². The van der Waals surface area contributed by atoms with Gasteiger partial charge in [-0.3, -0.25) is 4.21 Å². The summed E-state index contributed by atoms with van der Waals surface area (Å²) < 4.78 is 23.2. The normalized spacial score (nSPS) is 12.1. The molecule has 0 amide bonds. The molecule has 0 fully saturated rings. The fourth-order valence-electron chi connectivity index (χ4n) is 1.62. The van der Waals surface area contributed by atoms with Gasteiger partial charge >= 0.3 is 0 Å². The Kier molecular flexibility index (Phi) is 3.90. The van der Waals surface area contributed by atoms with Crippen molar-refractivity contribution in [2.45, 2.75) is 6.42 Å². The summed E-state index contributed by atoms with van der Waals surface area (Å²) >= 11 is -2.26. The molecular weight excluding hydrogens is 234 g/mol. The first-order chi connectivity index (χ1) is 8.24. The minimum atomic E-state index is -2.26. The van der Waals surface area contributed by atoms with Crippen LogP contribution in [0.5, 0.6) is 0 Å². The van der Waals surface area contributed by atoms with Crippen molar-refractivity contribution in [3.8, 4) is 0 Å². The molecule has 2 aromatic carbocycles. The summed E-state index contributed by atoms with van der Waals surface area (Å²) in [7, 11) is 0. The Labute approximate surface area is 103 Å². The Morgan fingerprint density at radius 3 is 2.12 bits per heavy atom. The molecule has 1 unspecified atom stereocenters. The Bertz CT molecular complexity index is 497. The van der Waals surface area contributed by atoms with Gasteiger partial charge in [0.05, 0.1) is 0 Å². The summed E-state index contributed by atoms with van der Waals surface area (Å²) in [6.45, 7) is 0. The fourth-order valence-corrected chi connectivity index (χ4v) is 1.95. The van der Waals surface area contributed by atoms with Gasteiger partial charge in [-0.15, -0.1) is 0 Å². The molecule has 1 atom stereocenters. The summed E-state index contributed by atoms with van der Waals surface area (Å²) in [4.78, 5) is 0. The number of benzene rings is 2. The lowest BCUT2D eigenvalue weighted by Gasteiger charge is -2.09. The van der Waals surface area contributed by atoms with Crippen LogP contribution in [0.4, 0.5) is 5.69 Å². The standard InChI is InChI=1S/C13H13NO2S/c15-17(16)14-13-8-6-12(7-9-13)10-11-4-2-1-3-5-11/h1-9,14H,10H2,(H,15,16)/p-1. The Hall–Kier alpha value is -1.65. The van der Waals surface area contributed by atoms with Crippen molar-refractivity contribution in [1.82, 2.24) is 0 Å². The molecule has 4 heteroatoms. The summed E-state index contributed by atoms with van der Waals surface area (Å²) in [5.41, 5.74) is 2.97. The fraction of sp³-hybridized carbons (Fsp3) is 0.0769. The summed E-state index contributed by atoms with van der Waals surface area (Å²) in [6.07, 6.45) is 0.849. The highest BCUT2D eigenvalue weighted by Gasteiger charge is 1.96. The van der Waals surface area contributed by atoms with Crippen molar-refractivity contribution in [3.05, 3.63) is 65.7 Å². The summed E-state index contributed by atoms with van der Waals surface area (Å²) in [5, 5.41) is 0. The predicted octanol–water partition coefficient (Wildman–Crippen LogP) is 2.48. The van der Waals surface area contributed by atoms with Crippen LogP contribution in [0.3, 0.4) is 0 Å². The Morgan fingerprint density at radius 2 is 1.53 bits per heavy atom. The van der Waals surface area contributed by atoms with E-state index in [1.165, 1.54) is 5.56 Å². The number of hydrogen-bond acceptors (Lipinski definition) is 2. The van der Waals surface area contributed by atoms with Gasteiger partial charge < -0.3 is 9.27 Å². The summed E-state index contributed by atoms with van der Waals surface area (Å²) in [6, 6.07) is 17.5. The van der Waals surface area contributed by atoms with Gasteiger partial charge in [-0.2, -0.15) is 0 Å². The average Bonchev–Trinajstić information content (AvgIpc) is 2.32. The van der Waals surface area contributed by atoms with Gasteiger partial charge in [0, 0.05) is 17.0 Å². The van der Waals surface area contributed by atoms with Crippen LogP contribution in [-0.4, -0.2) is 8.76 Å². The van der Waals surface area contributed by atoms with Crippen LogP contribution in [0.2, 0.25) is 0 Å². The second kappa shape index (κ2) is 5.61. The molecule has 1 N–H and O–H groups in total. The lowest BCUT2D eigenvalue weighted by atomic mass is 10.1. The first-order valence-corrected chi connectivity index (χ1v) is 6.30. The maximum Gasteiger partial charge on any atom is 0.0452 e. The number of nitrogens with one attached hydrogen (secondary N) is 1. The van der Waals surface area contributed by atoms with Crippen LogP contribution in [0.25, 0.3) is 0 Å². The van der Waals surface area contributed by atoms with Gasteiger partial charge in [-0.25, -0.2) is 0 Å². The number of hydrogen-bond donors (Lipinski definition) is 1. The first-order valence-electron chi connectivity index (χ1n) is 5.23. The van der Waals surface area contributed by atoms with E-state index in [2.05, 4.69) is 16.9 Å². The molecule has 0 saturated heterocycles. The molecule has 17 heavy (non-hydrogen) atoms. The Morgan fingerprint density at radius 1 is 0.941 bits per heavy atom. The molecule has 0 heterocycles. The van der Waals surface area contributed by atoms with E-state index in [1.807, 2.05) is 30.3 Å². The monoisotopic (exact) mass is 246 g/mol. The average molecular weight is 246 g/mol. The van der Waals surface area contributed by atoms with Gasteiger partial charge in [0.1, 0.15) is 0 Å². The molecule has 0 saturated carbocycles. The smallest absolute Gasteiger partial charge is 0.0452 e. The van der Waals surface area contributed by atoms with E-state index < -0.39 is 11.3 Å². The maximum atomic E-state index is 10.4. The first kappa shape index (κ1) is 11.8. The van der Waals surface area contributed by atoms with Crippen molar-refractivity contribution in [2.75, 3.05) is 4.72 Å². The molecular formula is C13H12NO2S-. The van der Waals surface area contributed by atoms with Crippen molar-refractivity contribution < 1.29 is 8.76 Å². The third-order valence-corrected chi connectivity index (χ3v) is 2.81. The van der Waals surface area contributed by atoms with Crippen LogP contribution in [-0.2, 0) is 17.7 Å². The van der Waals surface area contributed by atoms with E-state index in [1.54, 1.807) is 12.1 Å². The van der Waals surface area contributed by atoms with Crippen LogP contribution >= 0.6 is 0 Å². The van der Waals surface area contributed by atoms with Crippen molar-refractivity contribution in [3.63, 3.8) is 0 Å². The molecule has 0 aliphatic rings. The topological polar surface area (TPSA) is 52.2 Å². The number of rotatable bonds is 4. The molecule has 3 nitrogen and oxygen atoms in total. The summed E-state index contributed by atoms with van der Waals surface area (Å²) in [5.74, 6) is 0. The van der Waals surface area contributed by atoms with E-state index in [0.29, 0.717) is 5.69 Å². The lowest BCUT2D eigenvalue weighted by molar-refractivity contribution is 0.542. The zero-order chi connectivity index (χ0) is 12.1. The third-order valence-electron chi connectivity index (χ3n) is 2.41. The van der Waals surface area contributed by atoms with Gasteiger partial charge in [0.25, 0.3) is 0 Å². The van der Waals surface area contributed by atoms with E-state index >= 15 is 0 Å². The van der Waals surface area contributed by atoms with E-state index in [9.17, 15) is 8.76 Å². The third kappa shape index (κ3) is 3.69. The number of anilines is 1. The van der Waals surface area contributed by atoms with Gasteiger partial charge in [-0.1, -0.05) is 42.5 Å². The van der Waals surface area contributed by atoms with Crippen LogP contribution in [0.1, 0.15) is 11.1 Å². The highest BCUT2D eigenvalue weighted by molar-refractivity contribution is 7.80. The van der Waals surface area contributed by atoms with Crippen LogP contribution < -0.4 is 4.72 Å². The quantitative estimate of drug-likeness (QED) is 0.843. The molecule has 0 aliphatic heterocycles. The highest BCUT2D eigenvalue weighted by Crippen LogP contribution is 2.13. The van der Waals surface area contributed by atoms with E-state index in [4.69, 9.17) is 0 Å².